The van der Waals surface area contributed by atoms with Crippen LogP contribution in [0.15, 0.2) is 30.3 Å². The van der Waals surface area contributed by atoms with Crippen LogP contribution in [0.5, 0.6) is 0 Å². The van der Waals surface area contributed by atoms with Gasteiger partial charge >= 0.3 is 0 Å². The molecule has 0 aliphatic carbocycles. The summed E-state index contributed by atoms with van der Waals surface area (Å²) in [5.74, 6) is -1.26. The lowest BCUT2D eigenvalue weighted by Gasteiger charge is -2.19. The molecule has 0 aliphatic heterocycles. The number of nitrogens with two attached hydrogens (primary N) is 1. The van der Waals surface area contributed by atoms with Crippen LogP contribution in [0.4, 0.5) is 0 Å². The zero-order valence-corrected chi connectivity index (χ0v) is 13.8. The lowest BCUT2D eigenvalue weighted by atomic mass is 9.97. The van der Waals surface area contributed by atoms with Gasteiger partial charge in [0, 0.05) is 18.3 Å². The minimum atomic E-state index is -0.844. The van der Waals surface area contributed by atoms with Crippen LogP contribution < -0.4 is 11.1 Å². The minimum Gasteiger partial charge on any atom is -0.368 e. The van der Waals surface area contributed by atoms with E-state index in [1.54, 1.807) is 35.9 Å². The first-order chi connectivity index (χ1) is 10.8. The summed E-state index contributed by atoms with van der Waals surface area (Å²) in [5, 5.41) is 7.08. The Bertz CT molecular complexity index is 722. The Balaban J connectivity index is 2.24. The second kappa shape index (κ2) is 6.64. The monoisotopic (exact) mass is 314 g/mol. The number of primary amides is 1. The molecule has 2 rings (SSSR count). The molecule has 3 N–H and O–H groups in total. The quantitative estimate of drug-likeness (QED) is 0.876. The van der Waals surface area contributed by atoms with E-state index in [-0.39, 0.29) is 5.91 Å². The van der Waals surface area contributed by atoms with Gasteiger partial charge in [-0.2, -0.15) is 5.10 Å². The van der Waals surface area contributed by atoms with Crippen LogP contribution in [-0.4, -0.2) is 21.6 Å². The number of nitrogens with one attached hydrogen (secondary N) is 1. The van der Waals surface area contributed by atoms with Crippen molar-refractivity contribution in [2.45, 2.75) is 32.7 Å². The molecule has 0 radical (unpaired) electrons. The maximum Gasteiger partial charge on any atom is 0.244 e. The number of benzene rings is 1. The molecule has 122 valence electrons. The Kier molecular flexibility index (Phi) is 4.83. The third kappa shape index (κ3) is 3.41. The standard InChI is InChI=1S/C17H22N4O2/c1-10(14-11(2)20-21(4)12(14)3)17(23)19-15(16(18)22)13-8-6-5-7-9-13/h5-10,15H,1-4H3,(H2,18,22)(H,19,23)/t10-,15+/m0/s1. The van der Waals surface area contributed by atoms with Crippen LogP contribution in [0.2, 0.25) is 0 Å². The fourth-order valence-corrected chi connectivity index (χ4v) is 2.78. The summed E-state index contributed by atoms with van der Waals surface area (Å²) < 4.78 is 1.75. The fraction of sp³-hybridized carbons (Fsp3) is 0.353. The van der Waals surface area contributed by atoms with Gasteiger partial charge in [0.05, 0.1) is 11.6 Å². The van der Waals surface area contributed by atoms with Crippen LogP contribution in [0.1, 0.15) is 41.4 Å². The molecule has 0 spiro atoms. The largest absolute Gasteiger partial charge is 0.368 e. The van der Waals surface area contributed by atoms with E-state index in [4.69, 9.17) is 5.73 Å². The van der Waals surface area contributed by atoms with Gasteiger partial charge in [0.15, 0.2) is 0 Å². The molecule has 1 heterocycles. The van der Waals surface area contributed by atoms with Crippen molar-refractivity contribution in [3.63, 3.8) is 0 Å². The normalized spacial score (nSPS) is 13.4. The van der Waals surface area contributed by atoms with E-state index in [1.807, 2.05) is 27.0 Å². The summed E-state index contributed by atoms with van der Waals surface area (Å²) in [6, 6.07) is 8.13. The molecule has 23 heavy (non-hydrogen) atoms. The maximum absolute atomic E-state index is 12.6. The number of hydrogen-bond acceptors (Lipinski definition) is 3. The minimum absolute atomic E-state index is 0.253. The average Bonchev–Trinajstić information content (AvgIpc) is 2.77. The summed E-state index contributed by atoms with van der Waals surface area (Å²) >= 11 is 0. The number of nitrogens with zero attached hydrogens (tertiary/aromatic N) is 2. The van der Waals surface area contributed by atoms with Crippen molar-refractivity contribution in [2.75, 3.05) is 0 Å². The molecule has 1 aromatic carbocycles. The summed E-state index contributed by atoms with van der Waals surface area (Å²) in [4.78, 5) is 24.3. The van der Waals surface area contributed by atoms with E-state index in [0.717, 1.165) is 17.0 Å². The number of hydrogen-bond donors (Lipinski definition) is 2. The zero-order valence-electron chi connectivity index (χ0n) is 13.8. The lowest BCUT2D eigenvalue weighted by molar-refractivity contribution is -0.128. The van der Waals surface area contributed by atoms with Crippen molar-refractivity contribution in [2.24, 2.45) is 12.8 Å². The SMILES string of the molecule is Cc1nn(C)c(C)c1[C@H](C)C(=O)N[C@@H](C(N)=O)c1ccccc1. The van der Waals surface area contributed by atoms with Gasteiger partial charge in [-0.1, -0.05) is 30.3 Å². The van der Waals surface area contributed by atoms with Crippen molar-refractivity contribution in [3.8, 4) is 0 Å². The molecule has 0 aliphatic rings. The smallest absolute Gasteiger partial charge is 0.244 e. The van der Waals surface area contributed by atoms with Crippen molar-refractivity contribution in [1.29, 1.82) is 0 Å². The number of rotatable bonds is 5. The first kappa shape index (κ1) is 16.7. The van der Waals surface area contributed by atoms with Gasteiger partial charge in [0.2, 0.25) is 11.8 Å². The number of amides is 2. The van der Waals surface area contributed by atoms with E-state index >= 15 is 0 Å². The van der Waals surface area contributed by atoms with Crippen LogP contribution in [0, 0.1) is 13.8 Å². The van der Waals surface area contributed by atoms with Crippen molar-refractivity contribution in [1.82, 2.24) is 15.1 Å². The molecule has 6 nitrogen and oxygen atoms in total. The molecule has 2 atom stereocenters. The highest BCUT2D eigenvalue weighted by Crippen LogP contribution is 2.24. The predicted molar refractivity (Wildman–Crippen MR) is 87.6 cm³/mol. The van der Waals surface area contributed by atoms with Crippen molar-refractivity contribution < 1.29 is 9.59 Å². The highest BCUT2D eigenvalue weighted by Gasteiger charge is 2.27. The maximum atomic E-state index is 12.6. The van der Waals surface area contributed by atoms with E-state index < -0.39 is 17.9 Å². The highest BCUT2D eigenvalue weighted by atomic mass is 16.2. The third-order valence-corrected chi connectivity index (χ3v) is 4.10. The Morgan fingerprint density at radius 3 is 2.30 bits per heavy atom. The molecule has 2 aromatic rings. The molecule has 0 saturated carbocycles. The van der Waals surface area contributed by atoms with Gasteiger partial charge in [-0.25, -0.2) is 0 Å². The molecule has 0 saturated heterocycles. The molecule has 0 fully saturated rings. The molecule has 0 bridgehead atoms. The Morgan fingerprint density at radius 2 is 1.83 bits per heavy atom. The van der Waals surface area contributed by atoms with Crippen LogP contribution in [0.3, 0.4) is 0 Å². The van der Waals surface area contributed by atoms with Gasteiger partial charge < -0.3 is 11.1 Å². The van der Waals surface area contributed by atoms with E-state index in [0.29, 0.717) is 5.56 Å². The van der Waals surface area contributed by atoms with Gasteiger partial charge in [-0.3, -0.25) is 14.3 Å². The molecule has 1 aromatic heterocycles. The third-order valence-electron chi connectivity index (χ3n) is 4.10. The Labute approximate surface area is 135 Å². The first-order valence-electron chi connectivity index (χ1n) is 7.47. The van der Waals surface area contributed by atoms with Gasteiger partial charge in [-0.15, -0.1) is 0 Å². The van der Waals surface area contributed by atoms with Crippen LogP contribution in [0.25, 0.3) is 0 Å². The Morgan fingerprint density at radius 1 is 1.22 bits per heavy atom. The summed E-state index contributed by atoms with van der Waals surface area (Å²) in [6.07, 6.45) is 0. The highest BCUT2D eigenvalue weighted by molar-refractivity contribution is 5.90. The number of aromatic nitrogens is 2. The summed E-state index contributed by atoms with van der Waals surface area (Å²) in [6.45, 7) is 5.59. The van der Waals surface area contributed by atoms with E-state index in [1.165, 1.54) is 0 Å². The number of aryl methyl sites for hydroxylation is 2. The van der Waals surface area contributed by atoms with Crippen molar-refractivity contribution in [3.05, 3.63) is 52.8 Å². The van der Waals surface area contributed by atoms with Crippen LogP contribution in [-0.2, 0) is 16.6 Å². The van der Waals surface area contributed by atoms with Gasteiger partial charge in [-0.05, 0) is 26.3 Å². The van der Waals surface area contributed by atoms with Gasteiger partial charge in [0.25, 0.3) is 0 Å². The zero-order chi connectivity index (χ0) is 17.1. The first-order valence-corrected chi connectivity index (χ1v) is 7.47. The predicted octanol–water partition coefficient (Wildman–Crippen LogP) is 1.48. The molecule has 2 amide bonds. The average molecular weight is 314 g/mol. The molecular formula is C17H22N4O2. The molecule has 0 unspecified atom stereocenters. The number of carbonyl (C=O) groups excluding carboxylic acids is 2. The molecule has 6 heteroatoms. The fourth-order valence-electron chi connectivity index (χ4n) is 2.78. The Hall–Kier alpha value is -2.63. The summed E-state index contributed by atoms with van der Waals surface area (Å²) in [5.41, 5.74) is 8.73. The molecular weight excluding hydrogens is 292 g/mol. The second-order valence-corrected chi connectivity index (χ2v) is 5.68. The second-order valence-electron chi connectivity index (χ2n) is 5.68. The van der Waals surface area contributed by atoms with E-state index in [9.17, 15) is 9.59 Å². The van der Waals surface area contributed by atoms with Gasteiger partial charge in [0.1, 0.15) is 6.04 Å². The lowest BCUT2D eigenvalue weighted by Crippen LogP contribution is -2.39. The number of carbonyl (C=O) groups is 2. The van der Waals surface area contributed by atoms with Crippen molar-refractivity contribution >= 4 is 11.8 Å². The summed E-state index contributed by atoms with van der Waals surface area (Å²) in [7, 11) is 1.84. The van der Waals surface area contributed by atoms with E-state index in [2.05, 4.69) is 10.4 Å². The van der Waals surface area contributed by atoms with Crippen LogP contribution >= 0.6 is 0 Å². The topological polar surface area (TPSA) is 90.0 Å².